The second kappa shape index (κ2) is 5.42. The zero-order chi connectivity index (χ0) is 14.0. The van der Waals surface area contributed by atoms with Crippen molar-refractivity contribution in [3.63, 3.8) is 0 Å². The standard InChI is InChI=1S/C12H20N4O2S/c1-9-10(2)13-8-14-12(9)16-6-4-11(5-7-16)15-19(3,17)18/h8,11,15H,4-7H2,1-3H3. The quantitative estimate of drug-likeness (QED) is 0.880. The van der Waals surface area contributed by atoms with Crippen LogP contribution in [0.15, 0.2) is 6.33 Å². The maximum Gasteiger partial charge on any atom is 0.208 e. The highest BCUT2D eigenvalue weighted by Crippen LogP contribution is 2.22. The Morgan fingerprint density at radius 1 is 1.26 bits per heavy atom. The lowest BCUT2D eigenvalue weighted by Crippen LogP contribution is -2.44. The van der Waals surface area contributed by atoms with Gasteiger partial charge in [-0.05, 0) is 26.7 Å². The lowest BCUT2D eigenvalue weighted by Gasteiger charge is -2.33. The Morgan fingerprint density at radius 2 is 1.89 bits per heavy atom. The smallest absolute Gasteiger partial charge is 0.208 e. The van der Waals surface area contributed by atoms with Crippen molar-refractivity contribution in [1.82, 2.24) is 14.7 Å². The molecule has 7 heteroatoms. The van der Waals surface area contributed by atoms with Gasteiger partial charge in [0.25, 0.3) is 0 Å². The van der Waals surface area contributed by atoms with Gasteiger partial charge in [-0.3, -0.25) is 0 Å². The van der Waals surface area contributed by atoms with Crippen LogP contribution in [-0.4, -0.2) is 43.8 Å². The van der Waals surface area contributed by atoms with Crippen LogP contribution in [0.25, 0.3) is 0 Å². The second-order valence-electron chi connectivity index (χ2n) is 5.06. The van der Waals surface area contributed by atoms with E-state index < -0.39 is 10.0 Å². The SMILES string of the molecule is Cc1ncnc(N2CCC(NS(C)(=O)=O)CC2)c1C. The molecule has 106 valence electrons. The van der Waals surface area contributed by atoms with E-state index in [0.717, 1.165) is 43.0 Å². The van der Waals surface area contributed by atoms with Crippen molar-refractivity contribution >= 4 is 15.8 Å². The lowest BCUT2D eigenvalue weighted by atomic mass is 10.1. The molecule has 1 fully saturated rings. The fraction of sp³-hybridized carbons (Fsp3) is 0.667. The first-order valence-electron chi connectivity index (χ1n) is 6.37. The molecule has 1 aliphatic rings. The molecule has 0 aromatic carbocycles. The molecule has 0 amide bonds. The van der Waals surface area contributed by atoms with Crippen molar-refractivity contribution in [1.29, 1.82) is 0 Å². The molecule has 6 nitrogen and oxygen atoms in total. The van der Waals surface area contributed by atoms with Crippen LogP contribution in [0, 0.1) is 13.8 Å². The highest BCUT2D eigenvalue weighted by Gasteiger charge is 2.23. The fourth-order valence-corrected chi connectivity index (χ4v) is 3.20. The summed E-state index contributed by atoms with van der Waals surface area (Å²) < 4.78 is 25.1. The summed E-state index contributed by atoms with van der Waals surface area (Å²) >= 11 is 0. The van der Waals surface area contributed by atoms with Gasteiger partial charge in [-0.25, -0.2) is 23.1 Å². The minimum Gasteiger partial charge on any atom is -0.356 e. The first-order chi connectivity index (χ1) is 8.87. The molecule has 2 heterocycles. The molecule has 0 atom stereocenters. The summed E-state index contributed by atoms with van der Waals surface area (Å²) in [7, 11) is -3.11. The predicted octanol–water partition coefficient (Wildman–Crippen LogP) is 0.611. The molecule has 1 aromatic heterocycles. The van der Waals surface area contributed by atoms with Gasteiger partial charge in [-0.1, -0.05) is 0 Å². The van der Waals surface area contributed by atoms with Gasteiger partial charge < -0.3 is 4.90 Å². The maximum absolute atomic E-state index is 11.2. The van der Waals surface area contributed by atoms with E-state index in [4.69, 9.17) is 0 Å². The van der Waals surface area contributed by atoms with E-state index in [-0.39, 0.29) is 6.04 Å². The van der Waals surface area contributed by atoms with Crippen molar-refractivity contribution in [2.75, 3.05) is 24.2 Å². The molecular weight excluding hydrogens is 264 g/mol. The topological polar surface area (TPSA) is 75.2 Å². The number of rotatable bonds is 3. The number of hydrogen-bond acceptors (Lipinski definition) is 5. The van der Waals surface area contributed by atoms with Crippen LogP contribution in [-0.2, 0) is 10.0 Å². The van der Waals surface area contributed by atoms with E-state index >= 15 is 0 Å². The van der Waals surface area contributed by atoms with Crippen molar-refractivity contribution in [3.05, 3.63) is 17.6 Å². The number of aromatic nitrogens is 2. The van der Waals surface area contributed by atoms with Crippen LogP contribution in [0.2, 0.25) is 0 Å². The average Bonchev–Trinajstić information content (AvgIpc) is 2.32. The fourth-order valence-electron chi connectivity index (χ4n) is 2.36. The molecule has 0 saturated carbocycles. The van der Waals surface area contributed by atoms with Crippen LogP contribution in [0.3, 0.4) is 0 Å². The summed E-state index contributed by atoms with van der Waals surface area (Å²) in [5.74, 6) is 0.963. The van der Waals surface area contributed by atoms with Gasteiger partial charge in [0.15, 0.2) is 0 Å². The number of hydrogen-bond donors (Lipinski definition) is 1. The summed E-state index contributed by atoms with van der Waals surface area (Å²) in [5, 5.41) is 0. The van der Waals surface area contributed by atoms with Crippen molar-refractivity contribution in [3.8, 4) is 0 Å². The number of anilines is 1. The highest BCUT2D eigenvalue weighted by atomic mass is 32.2. The number of nitrogens with zero attached hydrogens (tertiary/aromatic N) is 3. The maximum atomic E-state index is 11.2. The molecule has 1 N–H and O–H groups in total. The third-order valence-corrected chi connectivity index (χ3v) is 4.25. The molecule has 19 heavy (non-hydrogen) atoms. The lowest BCUT2D eigenvalue weighted by molar-refractivity contribution is 0.459. The van der Waals surface area contributed by atoms with E-state index in [9.17, 15) is 8.42 Å². The van der Waals surface area contributed by atoms with Gasteiger partial charge in [0.1, 0.15) is 12.1 Å². The third kappa shape index (κ3) is 3.63. The molecule has 2 rings (SSSR count). The van der Waals surface area contributed by atoms with E-state index in [0.29, 0.717) is 0 Å². The van der Waals surface area contributed by atoms with Crippen LogP contribution < -0.4 is 9.62 Å². The van der Waals surface area contributed by atoms with Crippen LogP contribution >= 0.6 is 0 Å². The summed E-state index contributed by atoms with van der Waals surface area (Å²) in [6.07, 6.45) is 4.39. The van der Waals surface area contributed by atoms with Crippen LogP contribution in [0.4, 0.5) is 5.82 Å². The molecule has 1 aromatic rings. The zero-order valence-electron chi connectivity index (χ0n) is 11.5. The van der Waals surface area contributed by atoms with E-state index in [1.54, 1.807) is 6.33 Å². The molecule has 0 radical (unpaired) electrons. The third-order valence-electron chi connectivity index (χ3n) is 3.48. The first-order valence-corrected chi connectivity index (χ1v) is 8.26. The molecule has 0 aliphatic carbocycles. The number of sulfonamides is 1. The predicted molar refractivity (Wildman–Crippen MR) is 74.7 cm³/mol. The van der Waals surface area contributed by atoms with Gasteiger partial charge in [-0.2, -0.15) is 0 Å². The monoisotopic (exact) mass is 284 g/mol. The zero-order valence-corrected chi connectivity index (χ0v) is 12.4. The number of nitrogens with one attached hydrogen (secondary N) is 1. The van der Waals surface area contributed by atoms with E-state index in [1.807, 2.05) is 13.8 Å². The Kier molecular flexibility index (Phi) is 4.05. The Balaban J connectivity index is 2.02. The van der Waals surface area contributed by atoms with Crippen LogP contribution in [0.1, 0.15) is 24.1 Å². The number of piperidine rings is 1. The molecule has 1 aliphatic heterocycles. The largest absolute Gasteiger partial charge is 0.356 e. The first kappa shape index (κ1) is 14.2. The van der Waals surface area contributed by atoms with Gasteiger partial charge in [-0.15, -0.1) is 0 Å². The molecule has 0 bridgehead atoms. The minimum atomic E-state index is -3.11. The Morgan fingerprint density at radius 3 is 2.47 bits per heavy atom. The van der Waals surface area contributed by atoms with E-state index in [1.165, 1.54) is 6.26 Å². The minimum absolute atomic E-state index is 0.0366. The van der Waals surface area contributed by atoms with Gasteiger partial charge >= 0.3 is 0 Å². The Bertz CT molecular complexity index is 551. The Labute approximate surface area is 114 Å². The van der Waals surface area contributed by atoms with E-state index in [2.05, 4.69) is 19.6 Å². The second-order valence-corrected chi connectivity index (χ2v) is 6.84. The van der Waals surface area contributed by atoms with Crippen molar-refractivity contribution < 1.29 is 8.42 Å². The van der Waals surface area contributed by atoms with Gasteiger partial charge in [0.05, 0.1) is 6.26 Å². The summed E-state index contributed by atoms with van der Waals surface area (Å²) in [5.41, 5.74) is 2.08. The normalized spacial score (nSPS) is 17.7. The summed E-state index contributed by atoms with van der Waals surface area (Å²) in [6.45, 7) is 5.61. The molecule has 0 unspecified atom stereocenters. The molecular formula is C12H20N4O2S. The summed E-state index contributed by atoms with van der Waals surface area (Å²) in [4.78, 5) is 10.7. The molecule has 1 saturated heterocycles. The van der Waals surface area contributed by atoms with Crippen molar-refractivity contribution in [2.45, 2.75) is 32.7 Å². The number of aryl methyl sites for hydroxylation is 1. The van der Waals surface area contributed by atoms with Gasteiger partial charge in [0, 0.05) is 30.4 Å². The molecule has 0 spiro atoms. The summed E-state index contributed by atoms with van der Waals surface area (Å²) in [6, 6.07) is 0.0366. The Hall–Kier alpha value is -1.21. The van der Waals surface area contributed by atoms with Crippen LogP contribution in [0.5, 0.6) is 0 Å². The highest BCUT2D eigenvalue weighted by molar-refractivity contribution is 7.88. The average molecular weight is 284 g/mol. The van der Waals surface area contributed by atoms with Crippen molar-refractivity contribution in [2.24, 2.45) is 0 Å². The van der Waals surface area contributed by atoms with Gasteiger partial charge in [0.2, 0.25) is 10.0 Å².